The first-order chi connectivity index (χ1) is 24.1. The molecule has 5 aromatic rings. The Hall–Kier alpha value is -4.70. The van der Waals surface area contributed by atoms with Crippen molar-refractivity contribution < 1.29 is 14.2 Å². The normalized spacial score (nSPS) is 26.0. The zero-order valence-electron chi connectivity index (χ0n) is 28.5. The first kappa shape index (κ1) is 29.2. The fourth-order valence-corrected chi connectivity index (χ4v) is 10.6. The zero-order valence-corrected chi connectivity index (χ0v) is 28.5. The van der Waals surface area contributed by atoms with Crippen LogP contribution in [0.25, 0.3) is 28.0 Å². The summed E-state index contributed by atoms with van der Waals surface area (Å²) in [6.45, 7) is 2.26. The van der Waals surface area contributed by atoms with Gasteiger partial charge in [0, 0.05) is 46.3 Å². The van der Waals surface area contributed by atoms with E-state index in [1.165, 1.54) is 83.8 Å². The lowest BCUT2D eigenvalue weighted by Crippen LogP contribution is -2.36. The molecule has 4 unspecified atom stereocenters. The number of rotatable bonds is 5. The summed E-state index contributed by atoms with van der Waals surface area (Å²) in [6, 6.07) is 33.4. The first-order valence-electron chi connectivity index (χ1n) is 18.3. The molecule has 4 heteroatoms. The maximum absolute atomic E-state index is 7.66. The van der Waals surface area contributed by atoms with Gasteiger partial charge in [0.1, 0.15) is 17.2 Å². The van der Waals surface area contributed by atoms with Crippen molar-refractivity contribution in [2.24, 2.45) is 11.8 Å². The van der Waals surface area contributed by atoms with Crippen LogP contribution in [0.1, 0.15) is 72.8 Å². The Labute approximate surface area is 289 Å². The maximum atomic E-state index is 7.66. The standard InChI is InChI=1S/C45H43NO3/c1-47-34-17-19-36-39(26-34)43-38(42-41(36)37-20-18-35(48-2)27-40(37)44(42)28-29-11-12-32(44)25-29)21-22-45(49-43,30-9-5-3-6-10-30)31-13-15-33(16-14-31)46-23-7-4-8-24-46/h3,5-6,9-10,13-22,26-27,29,32H,4,7-8,11-12,23-25,28H2,1-2H3. The third-order valence-corrected chi connectivity index (χ3v) is 12.7. The molecule has 1 spiro atoms. The minimum atomic E-state index is -0.782. The first-order valence-corrected chi connectivity index (χ1v) is 18.3. The van der Waals surface area contributed by atoms with Crippen LogP contribution in [0.5, 0.6) is 17.2 Å². The Balaban J connectivity index is 1.23. The Morgan fingerprint density at radius 3 is 2.24 bits per heavy atom. The fourth-order valence-electron chi connectivity index (χ4n) is 10.6. The van der Waals surface area contributed by atoms with Gasteiger partial charge in [-0.25, -0.2) is 0 Å². The predicted octanol–water partition coefficient (Wildman–Crippen LogP) is 10.3. The summed E-state index contributed by atoms with van der Waals surface area (Å²) in [5.74, 6) is 4.11. The summed E-state index contributed by atoms with van der Waals surface area (Å²) in [7, 11) is 3.55. The summed E-state index contributed by atoms with van der Waals surface area (Å²) in [5.41, 5.74) is 9.60. The van der Waals surface area contributed by atoms with E-state index in [4.69, 9.17) is 14.2 Å². The van der Waals surface area contributed by atoms with Crippen LogP contribution in [0.3, 0.4) is 0 Å². The van der Waals surface area contributed by atoms with Gasteiger partial charge >= 0.3 is 0 Å². The SMILES string of the molecule is COc1ccc2c(c1)C1(CC3CCC1C3)c1c3c(c4cc(OC)ccc4c1-2)OC(c1ccccc1)(c1ccc(N2CCCCC2)cc1)C=C3. The largest absolute Gasteiger partial charge is 0.497 e. The van der Waals surface area contributed by atoms with Crippen LogP contribution < -0.4 is 19.1 Å². The van der Waals surface area contributed by atoms with Crippen molar-refractivity contribution in [2.45, 2.75) is 56.0 Å². The van der Waals surface area contributed by atoms with E-state index in [9.17, 15) is 0 Å². The minimum Gasteiger partial charge on any atom is -0.497 e. The summed E-state index contributed by atoms with van der Waals surface area (Å²) in [6.07, 6.45) is 13.7. The van der Waals surface area contributed by atoms with Crippen molar-refractivity contribution in [3.05, 3.63) is 125 Å². The van der Waals surface area contributed by atoms with Gasteiger partial charge < -0.3 is 19.1 Å². The maximum Gasteiger partial charge on any atom is 0.178 e. The number of benzene rings is 5. The quantitative estimate of drug-likeness (QED) is 0.190. The van der Waals surface area contributed by atoms with Crippen molar-refractivity contribution in [3.8, 4) is 28.4 Å². The molecule has 1 saturated heterocycles. The van der Waals surface area contributed by atoms with E-state index < -0.39 is 5.60 Å². The average Bonchev–Trinajstić information content (AvgIpc) is 3.87. The molecule has 3 aliphatic carbocycles. The van der Waals surface area contributed by atoms with Gasteiger partial charge in [0.2, 0.25) is 0 Å². The molecule has 0 N–H and O–H groups in total. The van der Waals surface area contributed by atoms with Gasteiger partial charge in [-0.05, 0) is 127 Å². The number of anilines is 1. The highest BCUT2D eigenvalue weighted by Gasteiger charge is 2.59. The second-order valence-corrected chi connectivity index (χ2v) is 15.0. The Morgan fingerprint density at radius 1 is 0.755 bits per heavy atom. The van der Waals surface area contributed by atoms with Crippen LogP contribution >= 0.6 is 0 Å². The van der Waals surface area contributed by atoms with Crippen LogP contribution in [0.4, 0.5) is 5.69 Å². The van der Waals surface area contributed by atoms with Crippen molar-refractivity contribution in [2.75, 3.05) is 32.2 Å². The second-order valence-electron chi connectivity index (χ2n) is 15.0. The van der Waals surface area contributed by atoms with Crippen LogP contribution in [-0.4, -0.2) is 27.3 Å². The van der Waals surface area contributed by atoms with Gasteiger partial charge in [0.25, 0.3) is 0 Å². The highest BCUT2D eigenvalue weighted by molar-refractivity contribution is 6.09. The molecule has 0 amide bonds. The van der Waals surface area contributed by atoms with Crippen LogP contribution in [0.15, 0.2) is 97.1 Å². The molecule has 2 aliphatic heterocycles. The van der Waals surface area contributed by atoms with E-state index in [2.05, 4.69) is 108 Å². The Morgan fingerprint density at radius 2 is 1.51 bits per heavy atom. The second kappa shape index (κ2) is 10.9. The molecule has 0 aromatic heterocycles. The summed E-state index contributed by atoms with van der Waals surface area (Å²) < 4.78 is 19.4. The van der Waals surface area contributed by atoms with Gasteiger partial charge in [-0.1, -0.05) is 61.0 Å². The molecule has 49 heavy (non-hydrogen) atoms. The van der Waals surface area contributed by atoms with E-state index >= 15 is 0 Å². The average molecular weight is 646 g/mol. The molecule has 4 nitrogen and oxygen atoms in total. The van der Waals surface area contributed by atoms with E-state index in [0.717, 1.165) is 52.8 Å². The molecule has 2 saturated carbocycles. The number of methoxy groups -OCH3 is 2. The van der Waals surface area contributed by atoms with Gasteiger partial charge in [0.05, 0.1) is 14.2 Å². The Bertz CT molecular complexity index is 2130. The van der Waals surface area contributed by atoms with Gasteiger partial charge in [-0.3, -0.25) is 0 Å². The third-order valence-electron chi connectivity index (χ3n) is 12.7. The van der Waals surface area contributed by atoms with Crippen molar-refractivity contribution >= 4 is 22.5 Å². The molecule has 246 valence electrons. The van der Waals surface area contributed by atoms with E-state index in [0.29, 0.717) is 5.92 Å². The predicted molar refractivity (Wildman–Crippen MR) is 198 cm³/mol. The van der Waals surface area contributed by atoms with Gasteiger partial charge in [-0.15, -0.1) is 0 Å². The highest BCUT2D eigenvalue weighted by atomic mass is 16.5. The molecule has 3 fully saturated rings. The number of fused-ring (bicyclic) bond motifs is 13. The van der Waals surface area contributed by atoms with Crippen LogP contribution in [-0.2, 0) is 11.0 Å². The smallest absolute Gasteiger partial charge is 0.178 e. The van der Waals surface area contributed by atoms with Crippen molar-refractivity contribution in [3.63, 3.8) is 0 Å². The summed E-state index contributed by atoms with van der Waals surface area (Å²) in [5, 5.41) is 2.34. The molecule has 0 radical (unpaired) electrons. The molecule has 5 aromatic carbocycles. The number of hydrogen-bond acceptors (Lipinski definition) is 4. The lowest BCUT2D eigenvalue weighted by atomic mass is 9.65. The summed E-state index contributed by atoms with van der Waals surface area (Å²) in [4.78, 5) is 2.53. The van der Waals surface area contributed by atoms with E-state index in [-0.39, 0.29) is 5.41 Å². The number of piperidine rings is 1. The van der Waals surface area contributed by atoms with Gasteiger partial charge in [-0.2, -0.15) is 0 Å². The zero-order chi connectivity index (χ0) is 32.7. The minimum absolute atomic E-state index is 0.0448. The number of hydrogen-bond donors (Lipinski definition) is 0. The number of ether oxygens (including phenoxy) is 3. The number of nitrogens with zero attached hydrogens (tertiary/aromatic N) is 1. The van der Waals surface area contributed by atoms with E-state index in [1.54, 1.807) is 14.2 Å². The molecule has 2 heterocycles. The fraction of sp³-hybridized carbons (Fsp3) is 0.333. The molecule has 5 aliphatic rings. The van der Waals surface area contributed by atoms with Crippen LogP contribution in [0.2, 0.25) is 0 Å². The molecule has 4 atom stereocenters. The molecule has 2 bridgehead atoms. The lowest BCUT2D eigenvalue weighted by molar-refractivity contribution is 0.163. The van der Waals surface area contributed by atoms with E-state index in [1.807, 2.05) is 0 Å². The van der Waals surface area contributed by atoms with Gasteiger partial charge in [0.15, 0.2) is 5.60 Å². The highest BCUT2D eigenvalue weighted by Crippen LogP contribution is 2.69. The lowest BCUT2D eigenvalue weighted by Gasteiger charge is -2.41. The molecular formula is C45H43NO3. The summed E-state index contributed by atoms with van der Waals surface area (Å²) >= 11 is 0. The monoisotopic (exact) mass is 645 g/mol. The molecule has 10 rings (SSSR count). The topological polar surface area (TPSA) is 30.9 Å². The Kier molecular flexibility index (Phi) is 6.50. The van der Waals surface area contributed by atoms with Crippen molar-refractivity contribution in [1.29, 1.82) is 0 Å². The molecular weight excluding hydrogens is 602 g/mol. The third kappa shape index (κ3) is 4.09. The van der Waals surface area contributed by atoms with Crippen LogP contribution in [0, 0.1) is 11.8 Å². The van der Waals surface area contributed by atoms with Crippen molar-refractivity contribution in [1.82, 2.24) is 0 Å².